The number of hydrogen-bond acceptors (Lipinski definition) is 7. The molecule has 0 saturated heterocycles. The minimum atomic E-state index is -3.94. The molecule has 0 rings (SSSR count). The van der Waals surface area contributed by atoms with Gasteiger partial charge >= 0.3 is 7.82 Å². The summed E-state index contributed by atoms with van der Waals surface area (Å²) in [6.07, 6.45) is 0. The average Bonchev–Trinajstić information content (AvgIpc) is 2.21. The van der Waals surface area contributed by atoms with Crippen LogP contribution >= 0.6 is 7.82 Å². The second-order valence-corrected chi connectivity index (χ2v) is 3.41. The van der Waals surface area contributed by atoms with Crippen molar-refractivity contribution in [3.05, 3.63) is 0 Å². The molecule has 74 valence electrons. The van der Waals surface area contributed by atoms with E-state index < -0.39 is 27.6 Å². The van der Waals surface area contributed by atoms with Gasteiger partial charge in [-0.3, -0.25) is 13.6 Å². The van der Waals surface area contributed by atoms with Crippen LogP contribution in [0.25, 0.3) is 0 Å². The lowest BCUT2D eigenvalue weighted by atomic mass is 10.9. The van der Waals surface area contributed by atoms with Crippen LogP contribution in [0, 0.1) is 34.0 Å². The number of nitrogens with zero attached hydrogens (tertiary/aromatic N) is 3. The zero-order valence-corrected chi connectivity index (χ0v) is 7.94. The first kappa shape index (κ1) is 12.6. The maximum Gasteiger partial charge on any atom is 0.477 e. The minimum Gasteiger partial charge on any atom is -0.271 e. The van der Waals surface area contributed by atoms with Crippen molar-refractivity contribution in [2.45, 2.75) is 0 Å². The van der Waals surface area contributed by atoms with Gasteiger partial charge in [0.15, 0.2) is 0 Å². The lowest BCUT2D eigenvalue weighted by Crippen LogP contribution is -2.01. The molecule has 8 heteroatoms. The molecule has 0 aliphatic heterocycles. The van der Waals surface area contributed by atoms with Crippen molar-refractivity contribution >= 4 is 7.82 Å². The SMILES string of the molecule is N#CCOP(=O)(OCC#N)OCC#N. The van der Waals surface area contributed by atoms with Gasteiger partial charge in [0, 0.05) is 0 Å². The summed E-state index contributed by atoms with van der Waals surface area (Å²) >= 11 is 0. The van der Waals surface area contributed by atoms with Crippen LogP contribution in [0.15, 0.2) is 0 Å². The van der Waals surface area contributed by atoms with E-state index in [2.05, 4.69) is 13.6 Å². The van der Waals surface area contributed by atoms with E-state index in [0.717, 1.165) is 0 Å². The first-order chi connectivity index (χ1) is 6.68. The molecular weight excluding hydrogens is 209 g/mol. The van der Waals surface area contributed by atoms with Gasteiger partial charge in [-0.25, -0.2) is 4.57 Å². The Morgan fingerprint density at radius 3 is 1.36 bits per heavy atom. The Balaban J connectivity index is 4.22. The largest absolute Gasteiger partial charge is 0.477 e. The van der Waals surface area contributed by atoms with E-state index in [1.807, 2.05) is 0 Å². The molecule has 0 aromatic rings. The van der Waals surface area contributed by atoms with Gasteiger partial charge in [0.25, 0.3) is 0 Å². The van der Waals surface area contributed by atoms with Crippen molar-refractivity contribution in [1.29, 1.82) is 15.8 Å². The van der Waals surface area contributed by atoms with E-state index in [1.54, 1.807) is 18.2 Å². The summed E-state index contributed by atoms with van der Waals surface area (Å²) in [4.78, 5) is 0. The molecule has 14 heavy (non-hydrogen) atoms. The lowest BCUT2D eigenvalue weighted by Gasteiger charge is -2.12. The van der Waals surface area contributed by atoms with Gasteiger partial charge in [0.1, 0.15) is 19.8 Å². The highest BCUT2D eigenvalue weighted by Crippen LogP contribution is 2.48. The molecule has 0 radical (unpaired) electrons. The Morgan fingerprint density at radius 2 is 1.14 bits per heavy atom. The van der Waals surface area contributed by atoms with Gasteiger partial charge in [0.05, 0.1) is 18.2 Å². The van der Waals surface area contributed by atoms with Crippen LogP contribution in [-0.4, -0.2) is 19.8 Å². The summed E-state index contributed by atoms with van der Waals surface area (Å²) in [5.41, 5.74) is 0. The molecule has 0 aromatic carbocycles. The maximum absolute atomic E-state index is 11.4. The molecule has 0 aliphatic rings. The molecule has 0 fully saturated rings. The van der Waals surface area contributed by atoms with Crippen LogP contribution in [0.1, 0.15) is 0 Å². The summed E-state index contributed by atoms with van der Waals surface area (Å²) < 4.78 is 24.7. The molecule has 0 atom stereocenters. The molecule has 0 saturated carbocycles. The Hall–Kier alpha value is -1.42. The predicted molar refractivity (Wildman–Crippen MR) is 42.3 cm³/mol. The van der Waals surface area contributed by atoms with Gasteiger partial charge in [-0.05, 0) is 0 Å². The second kappa shape index (κ2) is 7.03. The third kappa shape index (κ3) is 5.27. The van der Waals surface area contributed by atoms with Gasteiger partial charge in [0.2, 0.25) is 0 Å². The van der Waals surface area contributed by atoms with Gasteiger partial charge < -0.3 is 0 Å². The smallest absolute Gasteiger partial charge is 0.271 e. The van der Waals surface area contributed by atoms with Crippen LogP contribution in [0.5, 0.6) is 0 Å². The van der Waals surface area contributed by atoms with Crippen molar-refractivity contribution in [1.82, 2.24) is 0 Å². The lowest BCUT2D eigenvalue weighted by molar-refractivity contribution is 0.145. The Kier molecular flexibility index (Phi) is 6.32. The summed E-state index contributed by atoms with van der Waals surface area (Å²) in [7, 11) is -3.94. The molecule has 0 unspecified atom stereocenters. The summed E-state index contributed by atoms with van der Waals surface area (Å²) in [6, 6.07) is 4.67. The minimum absolute atomic E-state index is 0.506. The summed E-state index contributed by atoms with van der Waals surface area (Å²) in [5.74, 6) is 0. The first-order valence-electron chi connectivity index (χ1n) is 3.33. The second-order valence-electron chi connectivity index (χ2n) is 1.74. The maximum atomic E-state index is 11.4. The van der Waals surface area contributed by atoms with E-state index in [1.165, 1.54) is 0 Å². The zero-order chi connectivity index (χ0) is 10.9. The van der Waals surface area contributed by atoms with Crippen molar-refractivity contribution < 1.29 is 18.1 Å². The van der Waals surface area contributed by atoms with E-state index in [4.69, 9.17) is 15.8 Å². The fourth-order valence-corrected chi connectivity index (χ4v) is 1.31. The number of hydrogen-bond donors (Lipinski definition) is 0. The fraction of sp³-hybridized carbons (Fsp3) is 0.500. The van der Waals surface area contributed by atoms with Crippen molar-refractivity contribution in [2.75, 3.05) is 19.8 Å². The molecule has 0 aromatic heterocycles. The standard InChI is InChI=1S/C6H6N3O4P/c7-1-4-11-14(10,12-5-2-8)13-6-3-9/h4-6H2. The Bertz CT molecular complexity index is 284. The van der Waals surface area contributed by atoms with Crippen LogP contribution in [-0.2, 0) is 18.1 Å². The number of phosphoric acid groups is 1. The molecule has 0 spiro atoms. The number of phosphoric ester groups is 1. The summed E-state index contributed by atoms with van der Waals surface area (Å²) in [6.45, 7) is -1.52. The van der Waals surface area contributed by atoms with E-state index >= 15 is 0 Å². The quantitative estimate of drug-likeness (QED) is 0.599. The molecule has 7 nitrogen and oxygen atoms in total. The normalized spacial score (nSPS) is 9.79. The molecule has 0 heterocycles. The monoisotopic (exact) mass is 215 g/mol. The van der Waals surface area contributed by atoms with E-state index in [0.29, 0.717) is 0 Å². The third-order valence-electron chi connectivity index (χ3n) is 0.862. The van der Waals surface area contributed by atoms with Crippen molar-refractivity contribution in [2.24, 2.45) is 0 Å². The van der Waals surface area contributed by atoms with Crippen LogP contribution in [0.2, 0.25) is 0 Å². The van der Waals surface area contributed by atoms with Crippen LogP contribution in [0.3, 0.4) is 0 Å². The van der Waals surface area contributed by atoms with E-state index in [-0.39, 0.29) is 0 Å². The average molecular weight is 215 g/mol. The van der Waals surface area contributed by atoms with Crippen LogP contribution < -0.4 is 0 Å². The predicted octanol–water partition coefficient (Wildman–Crippen LogP) is 0.715. The van der Waals surface area contributed by atoms with Crippen molar-refractivity contribution in [3.8, 4) is 18.2 Å². The van der Waals surface area contributed by atoms with E-state index in [9.17, 15) is 4.57 Å². The highest BCUT2D eigenvalue weighted by molar-refractivity contribution is 7.48. The number of rotatable bonds is 6. The topological polar surface area (TPSA) is 116 Å². The fourth-order valence-electron chi connectivity index (χ4n) is 0.436. The van der Waals surface area contributed by atoms with Gasteiger partial charge in [-0.2, -0.15) is 15.8 Å². The molecule has 0 bridgehead atoms. The van der Waals surface area contributed by atoms with Crippen LogP contribution in [0.4, 0.5) is 0 Å². The number of nitriles is 3. The highest BCUT2D eigenvalue weighted by Gasteiger charge is 2.26. The molecular formula is C6H6N3O4P. The Labute approximate surface area is 80.6 Å². The highest BCUT2D eigenvalue weighted by atomic mass is 31.2. The van der Waals surface area contributed by atoms with Gasteiger partial charge in [-0.1, -0.05) is 0 Å². The third-order valence-corrected chi connectivity index (χ3v) is 2.20. The molecule has 0 amide bonds. The van der Waals surface area contributed by atoms with Gasteiger partial charge in [-0.15, -0.1) is 0 Å². The van der Waals surface area contributed by atoms with Crippen molar-refractivity contribution in [3.63, 3.8) is 0 Å². The molecule has 0 N–H and O–H groups in total. The summed E-state index contributed by atoms with van der Waals surface area (Å²) in [5, 5.41) is 24.4. The first-order valence-corrected chi connectivity index (χ1v) is 4.79. The Morgan fingerprint density at radius 1 is 0.857 bits per heavy atom. The molecule has 0 aliphatic carbocycles. The zero-order valence-electron chi connectivity index (χ0n) is 7.04.